The van der Waals surface area contributed by atoms with Gasteiger partial charge < -0.3 is 9.67 Å². The van der Waals surface area contributed by atoms with E-state index in [-0.39, 0.29) is 18.2 Å². The van der Waals surface area contributed by atoms with Gasteiger partial charge in [0.05, 0.1) is 12.1 Å². The van der Waals surface area contributed by atoms with Gasteiger partial charge in [0.2, 0.25) is 0 Å². The summed E-state index contributed by atoms with van der Waals surface area (Å²) in [7, 11) is 0. The molecule has 4 rings (SSSR count). The van der Waals surface area contributed by atoms with Gasteiger partial charge in [-0.1, -0.05) is 31.2 Å². The Morgan fingerprint density at radius 3 is 2.89 bits per heavy atom. The summed E-state index contributed by atoms with van der Waals surface area (Å²) in [6, 6.07) is 12.5. The van der Waals surface area contributed by atoms with Crippen molar-refractivity contribution in [3.63, 3.8) is 0 Å². The number of pyridine rings is 1. The highest BCUT2D eigenvalue weighted by Gasteiger charge is 2.21. The Kier molecular flexibility index (Phi) is 5.43. The normalized spacial score (nSPS) is 14.8. The summed E-state index contributed by atoms with van der Waals surface area (Å²) in [6.45, 7) is 4.50. The molecule has 27 heavy (non-hydrogen) atoms. The largest absolute Gasteiger partial charge is 0.395 e. The number of hydrogen-bond donors (Lipinski definition) is 1. The summed E-state index contributed by atoms with van der Waals surface area (Å²) in [6.07, 6.45) is 2.94. The average molecular weight is 383 g/mol. The predicted molar refractivity (Wildman–Crippen MR) is 111 cm³/mol. The molecular weight excluding hydrogens is 356 g/mol. The number of rotatable bonds is 7. The molecule has 0 saturated carbocycles. The number of nitrogens with zero attached hydrogens (tertiary/aromatic N) is 2. The van der Waals surface area contributed by atoms with E-state index in [0.717, 1.165) is 43.4 Å². The topological polar surface area (TPSA) is 45.5 Å². The van der Waals surface area contributed by atoms with Crippen molar-refractivity contribution in [3.05, 3.63) is 68.1 Å². The SMILES string of the molecule is CC[C@@H](CO)N(Cc1cccs1)Cc1cc(=O)n2c3c(cccc13)CCC2. The van der Waals surface area contributed by atoms with Crippen LogP contribution < -0.4 is 5.56 Å². The van der Waals surface area contributed by atoms with Crippen LogP contribution in [-0.2, 0) is 26.1 Å². The molecule has 1 aromatic carbocycles. The van der Waals surface area contributed by atoms with Crippen LogP contribution in [0.1, 0.15) is 35.8 Å². The van der Waals surface area contributed by atoms with Gasteiger partial charge in [0.1, 0.15) is 0 Å². The molecule has 1 aliphatic rings. The summed E-state index contributed by atoms with van der Waals surface area (Å²) in [5.41, 5.74) is 3.55. The quantitative estimate of drug-likeness (QED) is 0.676. The average Bonchev–Trinajstić information content (AvgIpc) is 3.19. The van der Waals surface area contributed by atoms with E-state index < -0.39 is 0 Å². The fourth-order valence-electron chi connectivity index (χ4n) is 4.20. The van der Waals surface area contributed by atoms with E-state index in [1.807, 2.05) is 10.6 Å². The Balaban J connectivity index is 1.76. The van der Waals surface area contributed by atoms with E-state index in [4.69, 9.17) is 0 Å². The lowest BCUT2D eigenvalue weighted by atomic mass is 9.98. The first-order valence-electron chi connectivity index (χ1n) is 9.73. The number of aliphatic hydroxyl groups excluding tert-OH is 1. The second-order valence-electron chi connectivity index (χ2n) is 7.31. The molecular formula is C22H26N2O2S. The van der Waals surface area contributed by atoms with Crippen LogP contribution in [0.15, 0.2) is 46.6 Å². The summed E-state index contributed by atoms with van der Waals surface area (Å²) in [4.78, 5) is 16.4. The maximum absolute atomic E-state index is 12.8. The molecule has 0 aliphatic carbocycles. The standard InChI is InChI=1S/C22H26N2O2S/c1-2-18(15-25)23(14-19-8-5-11-27-19)13-17-12-21(26)24-10-4-7-16-6-3-9-20(17)22(16)24/h3,5-6,8-9,11-12,18,25H,2,4,7,10,13-15H2,1H3/t18-/m0/s1. The van der Waals surface area contributed by atoms with E-state index in [9.17, 15) is 9.90 Å². The van der Waals surface area contributed by atoms with Crippen molar-refractivity contribution in [2.45, 2.75) is 51.9 Å². The van der Waals surface area contributed by atoms with Gasteiger partial charge in [0.25, 0.3) is 5.56 Å². The second kappa shape index (κ2) is 7.97. The lowest BCUT2D eigenvalue weighted by Crippen LogP contribution is -2.37. The highest BCUT2D eigenvalue weighted by molar-refractivity contribution is 7.09. The molecule has 4 nitrogen and oxygen atoms in total. The van der Waals surface area contributed by atoms with Crippen LogP contribution in [0.3, 0.4) is 0 Å². The van der Waals surface area contributed by atoms with Crippen molar-refractivity contribution in [2.75, 3.05) is 6.61 Å². The molecule has 0 radical (unpaired) electrons. The fourth-order valence-corrected chi connectivity index (χ4v) is 4.93. The van der Waals surface area contributed by atoms with Crippen molar-refractivity contribution >= 4 is 22.2 Å². The van der Waals surface area contributed by atoms with E-state index in [1.165, 1.54) is 15.8 Å². The Labute approximate surface area is 163 Å². The first kappa shape index (κ1) is 18.4. The van der Waals surface area contributed by atoms with Crippen molar-refractivity contribution in [2.24, 2.45) is 0 Å². The van der Waals surface area contributed by atoms with Gasteiger partial charge >= 0.3 is 0 Å². The molecule has 1 N–H and O–H groups in total. The smallest absolute Gasteiger partial charge is 0.251 e. The molecule has 0 spiro atoms. The third-order valence-electron chi connectivity index (χ3n) is 5.64. The van der Waals surface area contributed by atoms with Crippen LogP contribution in [-0.4, -0.2) is 27.2 Å². The molecule has 0 fully saturated rings. The van der Waals surface area contributed by atoms with E-state index >= 15 is 0 Å². The number of para-hydroxylation sites is 1. The minimum absolute atomic E-state index is 0.0840. The van der Waals surface area contributed by atoms with Crippen molar-refractivity contribution < 1.29 is 5.11 Å². The Bertz CT molecular complexity index is 974. The summed E-state index contributed by atoms with van der Waals surface area (Å²) in [5.74, 6) is 0. The molecule has 3 heterocycles. The van der Waals surface area contributed by atoms with Gasteiger partial charge in [-0.15, -0.1) is 11.3 Å². The van der Waals surface area contributed by atoms with Gasteiger partial charge in [-0.05, 0) is 41.8 Å². The fraction of sp³-hybridized carbons (Fsp3) is 0.409. The summed E-state index contributed by atoms with van der Waals surface area (Å²) >= 11 is 1.74. The van der Waals surface area contributed by atoms with Crippen molar-refractivity contribution in [3.8, 4) is 0 Å². The van der Waals surface area contributed by atoms with Crippen molar-refractivity contribution in [1.29, 1.82) is 0 Å². The number of thiophene rings is 1. The molecule has 1 aliphatic heterocycles. The Hall–Kier alpha value is -1.95. The monoisotopic (exact) mass is 382 g/mol. The minimum atomic E-state index is 0.0840. The zero-order valence-corrected chi connectivity index (χ0v) is 16.5. The summed E-state index contributed by atoms with van der Waals surface area (Å²) in [5, 5.41) is 13.2. The molecule has 0 unspecified atom stereocenters. The first-order valence-corrected chi connectivity index (χ1v) is 10.6. The van der Waals surface area contributed by atoms with Gasteiger partial charge in [0.15, 0.2) is 0 Å². The van der Waals surface area contributed by atoms with Crippen LogP contribution in [0.5, 0.6) is 0 Å². The van der Waals surface area contributed by atoms with E-state index in [2.05, 4.69) is 47.5 Å². The molecule has 3 aromatic rings. The third-order valence-corrected chi connectivity index (χ3v) is 6.50. The van der Waals surface area contributed by atoms with E-state index in [1.54, 1.807) is 11.3 Å². The van der Waals surface area contributed by atoms with Gasteiger partial charge in [-0.25, -0.2) is 0 Å². The highest BCUT2D eigenvalue weighted by atomic mass is 32.1. The Morgan fingerprint density at radius 1 is 1.26 bits per heavy atom. The molecule has 142 valence electrons. The highest BCUT2D eigenvalue weighted by Crippen LogP contribution is 2.27. The lowest BCUT2D eigenvalue weighted by Gasteiger charge is -2.30. The minimum Gasteiger partial charge on any atom is -0.395 e. The number of benzene rings is 1. The molecule has 1 atom stereocenters. The van der Waals surface area contributed by atoms with E-state index in [0.29, 0.717) is 6.54 Å². The number of hydrogen-bond acceptors (Lipinski definition) is 4. The number of aromatic nitrogens is 1. The van der Waals surface area contributed by atoms with Crippen LogP contribution in [0.25, 0.3) is 10.9 Å². The summed E-state index contributed by atoms with van der Waals surface area (Å²) < 4.78 is 1.94. The lowest BCUT2D eigenvalue weighted by molar-refractivity contribution is 0.108. The number of aliphatic hydroxyl groups is 1. The van der Waals surface area contributed by atoms with Gasteiger partial charge in [0, 0.05) is 42.0 Å². The second-order valence-corrected chi connectivity index (χ2v) is 8.34. The molecule has 2 aromatic heterocycles. The maximum Gasteiger partial charge on any atom is 0.251 e. The van der Waals surface area contributed by atoms with Crippen LogP contribution >= 0.6 is 11.3 Å². The van der Waals surface area contributed by atoms with Gasteiger partial charge in [-0.2, -0.15) is 0 Å². The zero-order chi connectivity index (χ0) is 18.8. The van der Waals surface area contributed by atoms with Crippen molar-refractivity contribution in [1.82, 2.24) is 9.47 Å². The van der Waals surface area contributed by atoms with Crippen LogP contribution in [0, 0.1) is 0 Å². The third kappa shape index (κ3) is 3.59. The molecule has 0 saturated heterocycles. The Morgan fingerprint density at radius 2 is 2.15 bits per heavy atom. The van der Waals surface area contributed by atoms with Crippen LogP contribution in [0.2, 0.25) is 0 Å². The zero-order valence-electron chi connectivity index (χ0n) is 15.7. The molecule has 0 bridgehead atoms. The predicted octanol–water partition coefficient (Wildman–Crippen LogP) is 3.78. The maximum atomic E-state index is 12.8. The molecule has 0 amide bonds. The first-order chi connectivity index (χ1) is 13.2. The molecule has 5 heteroatoms. The van der Waals surface area contributed by atoms with Gasteiger partial charge in [-0.3, -0.25) is 9.69 Å². The number of aryl methyl sites for hydroxylation is 2. The van der Waals surface area contributed by atoms with Crippen LogP contribution in [0.4, 0.5) is 0 Å².